The molecule has 0 saturated carbocycles. The number of halogens is 1. The lowest BCUT2D eigenvalue weighted by Crippen LogP contribution is -2.22. The molecule has 0 atom stereocenters. The summed E-state index contributed by atoms with van der Waals surface area (Å²) in [5, 5.41) is 3.40. The van der Waals surface area contributed by atoms with Crippen molar-refractivity contribution in [1.29, 1.82) is 0 Å². The minimum atomic E-state index is -3.47. The number of nitrogens with two attached hydrogens (primary N) is 1. The largest absolute Gasteiger partial charge is 0.397 e. The summed E-state index contributed by atoms with van der Waals surface area (Å²) in [4.78, 5) is 0.153. The third kappa shape index (κ3) is 3.38. The Kier molecular flexibility index (Phi) is 4.61. The van der Waals surface area contributed by atoms with Gasteiger partial charge in [-0.15, -0.1) is 0 Å². The van der Waals surface area contributed by atoms with E-state index in [9.17, 15) is 8.42 Å². The molecular weight excluding hydrogens is 274 g/mol. The predicted octanol–water partition coefficient (Wildman–Crippen LogP) is 1.68. The highest BCUT2D eigenvalue weighted by molar-refractivity contribution is 7.89. The quantitative estimate of drug-likeness (QED) is 0.809. The van der Waals surface area contributed by atoms with E-state index < -0.39 is 10.0 Å². The highest BCUT2D eigenvalue weighted by Gasteiger charge is 2.17. The van der Waals surface area contributed by atoms with Gasteiger partial charge in [-0.05, 0) is 18.2 Å². The number of nitrogens with one attached hydrogen (secondary N) is 1. The fraction of sp³-hybridized carbons (Fsp3) is 0.273. The van der Waals surface area contributed by atoms with Crippen LogP contribution in [0.15, 0.2) is 34.7 Å². The highest BCUT2D eigenvalue weighted by atomic mass is 35.5. The molecule has 100 valence electrons. The van der Waals surface area contributed by atoms with E-state index in [0.717, 1.165) is 4.31 Å². The van der Waals surface area contributed by atoms with E-state index in [1.807, 2.05) is 0 Å². The average Bonchev–Trinajstić information content (AvgIpc) is 2.26. The Morgan fingerprint density at radius 3 is 2.56 bits per heavy atom. The number of nitrogens with zero attached hydrogens (tertiary/aromatic N) is 1. The number of hydrogen-bond acceptors (Lipinski definition) is 4. The van der Waals surface area contributed by atoms with E-state index in [1.54, 1.807) is 6.07 Å². The molecule has 18 heavy (non-hydrogen) atoms. The van der Waals surface area contributed by atoms with Crippen molar-refractivity contribution in [2.75, 3.05) is 31.7 Å². The minimum absolute atomic E-state index is 0.153. The van der Waals surface area contributed by atoms with Crippen LogP contribution in [-0.4, -0.2) is 33.4 Å². The smallest absolute Gasteiger partial charge is 0.242 e. The molecule has 0 spiro atoms. The van der Waals surface area contributed by atoms with Crippen LogP contribution in [0.2, 0.25) is 0 Å². The Morgan fingerprint density at radius 2 is 2.11 bits per heavy atom. The first-order valence-electron chi connectivity index (χ1n) is 5.14. The van der Waals surface area contributed by atoms with Crippen LogP contribution in [0.3, 0.4) is 0 Å². The van der Waals surface area contributed by atoms with E-state index >= 15 is 0 Å². The molecule has 5 nitrogen and oxygen atoms in total. The zero-order valence-corrected chi connectivity index (χ0v) is 11.8. The van der Waals surface area contributed by atoms with E-state index in [2.05, 4.69) is 11.9 Å². The minimum Gasteiger partial charge on any atom is -0.397 e. The molecule has 0 heterocycles. The van der Waals surface area contributed by atoms with Crippen molar-refractivity contribution in [1.82, 2.24) is 4.31 Å². The number of rotatable bonds is 5. The number of nitrogen functional groups attached to an aromatic ring is 1. The van der Waals surface area contributed by atoms with Crippen LogP contribution in [0.5, 0.6) is 0 Å². The average molecular weight is 290 g/mol. The Bertz CT molecular complexity index is 555. The van der Waals surface area contributed by atoms with Crippen molar-refractivity contribution < 1.29 is 8.42 Å². The van der Waals surface area contributed by atoms with E-state index in [-0.39, 0.29) is 4.90 Å². The Hall–Kier alpha value is -1.24. The van der Waals surface area contributed by atoms with Gasteiger partial charge >= 0.3 is 0 Å². The van der Waals surface area contributed by atoms with Gasteiger partial charge in [0.05, 0.1) is 22.8 Å². The van der Waals surface area contributed by atoms with Crippen molar-refractivity contribution >= 4 is 33.0 Å². The van der Waals surface area contributed by atoms with Crippen LogP contribution < -0.4 is 11.1 Å². The van der Waals surface area contributed by atoms with E-state index in [1.165, 1.54) is 26.2 Å². The molecule has 0 aromatic heterocycles. The first kappa shape index (κ1) is 14.8. The highest BCUT2D eigenvalue weighted by Crippen LogP contribution is 2.24. The zero-order valence-electron chi connectivity index (χ0n) is 10.3. The summed E-state index contributed by atoms with van der Waals surface area (Å²) in [6, 6.07) is 4.51. The van der Waals surface area contributed by atoms with Crippen LogP contribution in [0.25, 0.3) is 0 Å². The lowest BCUT2D eigenvalue weighted by molar-refractivity contribution is 0.521. The predicted molar refractivity (Wildman–Crippen MR) is 75.2 cm³/mol. The monoisotopic (exact) mass is 289 g/mol. The summed E-state index contributed by atoms with van der Waals surface area (Å²) in [7, 11) is -0.531. The van der Waals surface area contributed by atoms with Crippen LogP contribution in [0.4, 0.5) is 11.4 Å². The SMILES string of the molecule is C=C(Cl)CNc1ccc(S(=O)(=O)N(C)C)cc1N. The maximum atomic E-state index is 11.9. The van der Waals surface area contributed by atoms with Crippen LogP contribution in [-0.2, 0) is 10.0 Å². The fourth-order valence-corrected chi connectivity index (χ4v) is 2.27. The van der Waals surface area contributed by atoms with Gasteiger partial charge < -0.3 is 11.1 Å². The molecule has 0 aliphatic heterocycles. The summed E-state index contributed by atoms with van der Waals surface area (Å²) in [6.07, 6.45) is 0. The summed E-state index contributed by atoms with van der Waals surface area (Å²) < 4.78 is 24.9. The molecule has 0 amide bonds. The molecule has 0 saturated heterocycles. The van der Waals surface area contributed by atoms with Crippen LogP contribution in [0.1, 0.15) is 0 Å². The zero-order chi connectivity index (χ0) is 13.9. The first-order chi connectivity index (χ1) is 8.25. The van der Waals surface area contributed by atoms with Crippen LogP contribution in [0, 0.1) is 0 Å². The standard InChI is InChI=1S/C11H16ClN3O2S/c1-8(12)7-14-11-5-4-9(6-10(11)13)18(16,17)15(2)3/h4-6,14H,1,7,13H2,2-3H3. The Morgan fingerprint density at radius 1 is 1.50 bits per heavy atom. The number of hydrogen-bond donors (Lipinski definition) is 2. The lowest BCUT2D eigenvalue weighted by atomic mass is 10.2. The fourth-order valence-electron chi connectivity index (χ4n) is 1.26. The molecule has 0 bridgehead atoms. The van der Waals surface area contributed by atoms with Gasteiger partial charge in [-0.1, -0.05) is 18.2 Å². The summed E-state index contributed by atoms with van der Waals surface area (Å²) in [6.45, 7) is 3.91. The van der Waals surface area contributed by atoms with Gasteiger partial charge in [0.25, 0.3) is 0 Å². The van der Waals surface area contributed by atoms with Gasteiger partial charge in [-0.3, -0.25) is 0 Å². The van der Waals surface area contributed by atoms with Gasteiger partial charge in [0.1, 0.15) is 0 Å². The van der Waals surface area contributed by atoms with Crippen molar-refractivity contribution in [3.05, 3.63) is 29.8 Å². The Labute approximate surface area is 112 Å². The lowest BCUT2D eigenvalue weighted by Gasteiger charge is -2.14. The second-order valence-electron chi connectivity index (χ2n) is 3.91. The van der Waals surface area contributed by atoms with Gasteiger partial charge in [0.2, 0.25) is 10.0 Å². The van der Waals surface area contributed by atoms with Gasteiger partial charge in [0.15, 0.2) is 0 Å². The second-order valence-corrected chi connectivity index (χ2v) is 6.59. The summed E-state index contributed by atoms with van der Waals surface area (Å²) >= 11 is 5.63. The Balaban J connectivity index is 3.03. The van der Waals surface area contributed by atoms with Crippen molar-refractivity contribution in [2.24, 2.45) is 0 Å². The molecule has 1 aromatic rings. The summed E-state index contributed by atoms with van der Waals surface area (Å²) in [5.41, 5.74) is 6.75. The van der Waals surface area contributed by atoms with Crippen LogP contribution >= 0.6 is 11.6 Å². The molecule has 0 radical (unpaired) electrons. The van der Waals surface area contributed by atoms with E-state index in [4.69, 9.17) is 17.3 Å². The first-order valence-corrected chi connectivity index (χ1v) is 6.96. The second kappa shape index (κ2) is 5.60. The number of sulfonamides is 1. The van der Waals surface area contributed by atoms with Crippen molar-refractivity contribution in [3.63, 3.8) is 0 Å². The number of benzene rings is 1. The maximum Gasteiger partial charge on any atom is 0.242 e. The van der Waals surface area contributed by atoms with Crippen molar-refractivity contribution in [3.8, 4) is 0 Å². The normalized spacial score (nSPS) is 11.6. The molecule has 0 aliphatic rings. The van der Waals surface area contributed by atoms with Gasteiger partial charge in [0, 0.05) is 19.1 Å². The summed E-state index contributed by atoms with van der Waals surface area (Å²) in [5.74, 6) is 0. The molecule has 3 N–H and O–H groups in total. The van der Waals surface area contributed by atoms with Gasteiger partial charge in [-0.2, -0.15) is 0 Å². The molecule has 0 unspecified atom stereocenters. The molecular formula is C11H16ClN3O2S. The molecule has 0 aliphatic carbocycles. The third-order valence-electron chi connectivity index (χ3n) is 2.27. The number of anilines is 2. The topological polar surface area (TPSA) is 75.4 Å². The molecule has 7 heteroatoms. The third-order valence-corrected chi connectivity index (χ3v) is 4.22. The van der Waals surface area contributed by atoms with E-state index in [0.29, 0.717) is 23.0 Å². The van der Waals surface area contributed by atoms with Crippen molar-refractivity contribution in [2.45, 2.75) is 4.90 Å². The molecule has 1 aromatic carbocycles. The molecule has 1 rings (SSSR count). The van der Waals surface area contributed by atoms with Gasteiger partial charge in [-0.25, -0.2) is 12.7 Å². The molecule has 0 fully saturated rings. The maximum absolute atomic E-state index is 11.9.